The zero-order chi connectivity index (χ0) is 25.9. The smallest absolute Gasteiger partial charge is 0.266 e. The second kappa shape index (κ2) is 10.9. The summed E-state index contributed by atoms with van der Waals surface area (Å²) in [5.41, 5.74) is 2.98. The monoisotopic (exact) mass is 552 g/mol. The summed E-state index contributed by atoms with van der Waals surface area (Å²) in [6.45, 7) is 0.0480. The zero-order valence-corrected chi connectivity index (χ0v) is 21.9. The second-order valence-electron chi connectivity index (χ2n) is 8.47. The Labute approximate surface area is 226 Å². The standard InChI is InChI=1S/C26H21FN4O3S3/c27-17-8-6-15(7-9-17)11-20-25(34)31(26(35)37-20)14-21(32)30-24-22(18-4-1-5-19(18)36-24)23(33)29-13-16-3-2-10-28-12-16/h2-3,6-12H,1,4-5,13-14H2,(H,29,33)(H,30,32)/b20-11-. The van der Waals surface area contributed by atoms with Crippen LogP contribution in [0, 0.1) is 5.82 Å². The minimum Gasteiger partial charge on any atom is -0.348 e. The van der Waals surface area contributed by atoms with Gasteiger partial charge in [-0.05, 0) is 60.2 Å². The number of thioether (sulfide) groups is 1. The van der Waals surface area contributed by atoms with Gasteiger partial charge in [-0.15, -0.1) is 11.3 Å². The number of aromatic nitrogens is 1. The van der Waals surface area contributed by atoms with E-state index < -0.39 is 11.8 Å². The molecule has 0 spiro atoms. The first-order chi connectivity index (χ1) is 17.9. The number of carbonyl (C=O) groups excluding carboxylic acids is 3. The van der Waals surface area contributed by atoms with Crippen molar-refractivity contribution < 1.29 is 18.8 Å². The van der Waals surface area contributed by atoms with Crippen LogP contribution >= 0.6 is 35.3 Å². The first-order valence-corrected chi connectivity index (χ1v) is 13.6. The molecule has 0 atom stereocenters. The molecule has 0 bridgehead atoms. The number of amides is 3. The van der Waals surface area contributed by atoms with Crippen LogP contribution in [-0.4, -0.2) is 38.5 Å². The van der Waals surface area contributed by atoms with E-state index in [0.29, 0.717) is 27.6 Å². The lowest BCUT2D eigenvalue weighted by atomic mass is 10.1. The van der Waals surface area contributed by atoms with Crippen molar-refractivity contribution in [2.75, 3.05) is 11.9 Å². The van der Waals surface area contributed by atoms with Crippen molar-refractivity contribution in [3.05, 3.63) is 86.6 Å². The molecule has 2 aromatic heterocycles. The van der Waals surface area contributed by atoms with Gasteiger partial charge < -0.3 is 10.6 Å². The van der Waals surface area contributed by atoms with Gasteiger partial charge in [0.25, 0.3) is 11.8 Å². The third-order valence-corrected chi connectivity index (χ3v) is 8.51. The maximum Gasteiger partial charge on any atom is 0.266 e. The molecule has 1 aliphatic heterocycles. The Morgan fingerprint density at radius 2 is 2.00 bits per heavy atom. The number of pyridine rings is 1. The van der Waals surface area contributed by atoms with Crippen molar-refractivity contribution in [3.63, 3.8) is 0 Å². The van der Waals surface area contributed by atoms with Gasteiger partial charge in [-0.3, -0.25) is 24.3 Å². The zero-order valence-electron chi connectivity index (χ0n) is 19.5. The number of fused-ring (bicyclic) bond motifs is 1. The Kier molecular flexibility index (Phi) is 7.45. The number of aryl methyl sites for hydroxylation is 1. The van der Waals surface area contributed by atoms with Crippen LogP contribution in [0.2, 0.25) is 0 Å². The first kappa shape index (κ1) is 25.2. The van der Waals surface area contributed by atoms with Crippen LogP contribution in [-0.2, 0) is 29.0 Å². The van der Waals surface area contributed by atoms with Crippen LogP contribution in [0.3, 0.4) is 0 Å². The van der Waals surface area contributed by atoms with E-state index in [-0.39, 0.29) is 22.6 Å². The Morgan fingerprint density at radius 1 is 1.19 bits per heavy atom. The van der Waals surface area contributed by atoms with E-state index in [0.717, 1.165) is 47.0 Å². The Balaban J connectivity index is 1.28. The maximum atomic E-state index is 13.2. The van der Waals surface area contributed by atoms with Gasteiger partial charge in [0.2, 0.25) is 5.91 Å². The Bertz CT molecular complexity index is 1420. The van der Waals surface area contributed by atoms with Crippen LogP contribution in [0.25, 0.3) is 6.08 Å². The van der Waals surface area contributed by atoms with Crippen molar-refractivity contribution in [1.29, 1.82) is 0 Å². The summed E-state index contributed by atoms with van der Waals surface area (Å²) < 4.78 is 13.4. The minimum atomic E-state index is -0.444. The highest BCUT2D eigenvalue weighted by molar-refractivity contribution is 8.26. The molecule has 1 saturated heterocycles. The molecule has 1 aliphatic carbocycles. The van der Waals surface area contributed by atoms with Gasteiger partial charge in [0, 0.05) is 23.8 Å². The number of halogens is 1. The van der Waals surface area contributed by atoms with Crippen LogP contribution in [0.5, 0.6) is 0 Å². The number of rotatable bonds is 7. The second-order valence-corrected chi connectivity index (χ2v) is 11.3. The van der Waals surface area contributed by atoms with E-state index in [4.69, 9.17) is 12.2 Å². The van der Waals surface area contributed by atoms with E-state index in [1.54, 1.807) is 36.7 Å². The van der Waals surface area contributed by atoms with Gasteiger partial charge in [-0.25, -0.2) is 4.39 Å². The average Bonchev–Trinajstić information content (AvgIpc) is 3.54. The molecule has 0 radical (unpaired) electrons. The molecule has 1 aromatic carbocycles. The van der Waals surface area contributed by atoms with Crippen molar-refractivity contribution in [2.24, 2.45) is 0 Å². The molecular formula is C26H21FN4O3S3. The number of anilines is 1. The third-order valence-electron chi connectivity index (χ3n) is 5.92. The van der Waals surface area contributed by atoms with Gasteiger partial charge in [0.1, 0.15) is 21.7 Å². The molecule has 2 aliphatic rings. The van der Waals surface area contributed by atoms with Crippen LogP contribution in [0.1, 0.15) is 38.3 Å². The first-order valence-electron chi connectivity index (χ1n) is 11.5. The highest BCUT2D eigenvalue weighted by Gasteiger charge is 2.34. The molecule has 7 nitrogen and oxygen atoms in total. The van der Waals surface area contributed by atoms with Crippen LogP contribution in [0.4, 0.5) is 9.39 Å². The number of benzene rings is 1. The van der Waals surface area contributed by atoms with Crippen molar-refractivity contribution in [2.45, 2.75) is 25.8 Å². The number of carbonyl (C=O) groups is 3. The highest BCUT2D eigenvalue weighted by Crippen LogP contribution is 2.39. The summed E-state index contributed by atoms with van der Waals surface area (Å²) in [6.07, 6.45) is 7.58. The molecule has 3 amide bonds. The fourth-order valence-corrected chi connectivity index (χ4v) is 6.72. The Hall–Kier alpha value is -3.41. The maximum absolute atomic E-state index is 13.2. The van der Waals surface area contributed by atoms with Crippen molar-refractivity contribution >= 4 is 68.4 Å². The van der Waals surface area contributed by atoms with Crippen LogP contribution < -0.4 is 10.6 Å². The van der Waals surface area contributed by atoms with Gasteiger partial charge in [0.15, 0.2) is 0 Å². The number of nitrogens with zero attached hydrogens (tertiary/aromatic N) is 2. The topological polar surface area (TPSA) is 91.4 Å². The molecule has 0 saturated carbocycles. The largest absolute Gasteiger partial charge is 0.348 e. The van der Waals surface area contributed by atoms with Crippen LogP contribution in [0.15, 0.2) is 53.7 Å². The average molecular weight is 553 g/mol. The molecule has 5 rings (SSSR count). The lowest BCUT2D eigenvalue weighted by Crippen LogP contribution is -2.36. The molecular weight excluding hydrogens is 532 g/mol. The van der Waals surface area contributed by atoms with Crippen molar-refractivity contribution in [3.8, 4) is 0 Å². The molecule has 3 heterocycles. The molecule has 2 N–H and O–H groups in total. The third kappa shape index (κ3) is 5.63. The molecule has 188 valence electrons. The van der Waals surface area contributed by atoms with E-state index in [2.05, 4.69) is 15.6 Å². The summed E-state index contributed by atoms with van der Waals surface area (Å²) in [7, 11) is 0. The SMILES string of the molecule is O=C(CN1C(=O)/C(=C/c2ccc(F)cc2)SC1=S)Nc1sc2c(c1C(=O)NCc1cccnc1)CCC2. The number of nitrogens with one attached hydrogen (secondary N) is 2. The number of hydrogen-bond donors (Lipinski definition) is 2. The van der Waals surface area contributed by atoms with E-state index in [9.17, 15) is 18.8 Å². The number of thiophene rings is 1. The van der Waals surface area contributed by atoms with Gasteiger partial charge in [-0.2, -0.15) is 0 Å². The lowest BCUT2D eigenvalue weighted by molar-refractivity contribution is -0.126. The normalized spacial score (nSPS) is 15.8. The van der Waals surface area contributed by atoms with E-state index in [1.807, 2.05) is 6.07 Å². The number of hydrogen-bond acceptors (Lipinski definition) is 7. The molecule has 37 heavy (non-hydrogen) atoms. The summed E-state index contributed by atoms with van der Waals surface area (Å²) in [4.78, 5) is 45.8. The molecule has 0 unspecified atom stereocenters. The molecule has 1 fully saturated rings. The fourth-order valence-electron chi connectivity index (χ4n) is 4.16. The summed E-state index contributed by atoms with van der Waals surface area (Å²) in [6, 6.07) is 9.42. The lowest BCUT2D eigenvalue weighted by Gasteiger charge is -2.14. The quantitative estimate of drug-likeness (QED) is 0.330. The van der Waals surface area contributed by atoms with Crippen molar-refractivity contribution in [1.82, 2.24) is 15.2 Å². The van der Waals surface area contributed by atoms with E-state index in [1.165, 1.54) is 28.4 Å². The minimum absolute atomic E-state index is 0.258. The highest BCUT2D eigenvalue weighted by atomic mass is 32.2. The van der Waals surface area contributed by atoms with Gasteiger partial charge in [-0.1, -0.05) is 42.2 Å². The summed E-state index contributed by atoms with van der Waals surface area (Å²) >= 11 is 7.83. The van der Waals surface area contributed by atoms with Gasteiger partial charge >= 0.3 is 0 Å². The van der Waals surface area contributed by atoms with E-state index >= 15 is 0 Å². The fraction of sp³-hybridized carbons (Fsp3) is 0.192. The summed E-state index contributed by atoms with van der Waals surface area (Å²) in [5, 5.41) is 6.24. The number of thiocarbonyl (C=S) groups is 1. The van der Waals surface area contributed by atoms with Gasteiger partial charge in [0.05, 0.1) is 10.5 Å². The predicted octanol–water partition coefficient (Wildman–Crippen LogP) is 4.54. The Morgan fingerprint density at radius 3 is 2.76 bits per heavy atom. The molecule has 11 heteroatoms. The summed E-state index contributed by atoms with van der Waals surface area (Å²) in [5.74, 6) is -1.46. The molecule has 3 aromatic rings. The predicted molar refractivity (Wildman–Crippen MR) is 147 cm³/mol.